The van der Waals surface area contributed by atoms with Gasteiger partial charge in [0.15, 0.2) is 0 Å². The number of benzene rings is 3. The van der Waals surface area contributed by atoms with Crippen molar-refractivity contribution in [3.05, 3.63) is 88.7 Å². The number of para-hydroxylation sites is 2. The van der Waals surface area contributed by atoms with E-state index < -0.39 is 5.41 Å². The van der Waals surface area contributed by atoms with E-state index in [-0.39, 0.29) is 5.91 Å². The van der Waals surface area contributed by atoms with Crippen molar-refractivity contribution >= 4 is 22.6 Å². The Hall–Kier alpha value is -3.73. The third-order valence-electron chi connectivity index (χ3n) is 7.07. The first-order valence-electron chi connectivity index (χ1n) is 11.0. The van der Waals surface area contributed by atoms with Crippen molar-refractivity contribution in [2.45, 2.75) is 25.3 Å². The number of carbonyl (C=O) groups excluding carboxylic acids is 1. The van der Waals surface area contributed by atoms with E-state index in [2.05, 4.69) is 12.1 Å². The molecule has 5 heteroatoms. The van der Waals surface area contributed by atoms with Crippen LogP contribution in [0.4, 0.5) is 5.69 Å². The van der Waals surface area contributed by atoms with Crippen molar-refractivity contribution < 1.29 is 18.7 Å². The van der Waals surface area contributed by atoms with E-state index >= 15 is 0 Å². The normalized spacial score (nSPS) is 20.4. The second-order valence-corrected chi connectivity index (χ2v) is 8.86. The predicted octanol–water partition coefficient (Wildman–Crippen LogP) is 4.90. The number of ether oxygens (including phenoxy) is 2. The van der Waals surface area contributed by atoms with Crippen LogP contribution in [0.5, 0.6) is 11.5 Å². The molecule has 0 N–H and O–H groups in total. The molecule has 0 fully saturated rings. The number of aryl methyl sites for hydroxylation is 1. The van der Waals surface area contributed by atoms with Gasteiger partial charge in [-0.15, -0.1) is 0 Å². The molecular formula is C27H21NO4. The smallest absolute Gasteiger partial charge is 0.246 e. The highest BCUT2D eigenvalue weighted by molar-refractivity contribution is 6.11. The molecule has 0 aliphatic carbocycles. The van der Waals surface area contributed by atoms with E-state index in [0.717, 1.165) is 62.6 Å². The Morgan fingerprint density at radius 3 is 2.78 bits per heavy atom. The quantitative estimate of drug-likeness (QED) is 0.460. The first-order chi connectivity index (χ1) is 15.6. The SMILES string of the molecule is Cc1cccc2cc(CN3C(=O)C4(COc5cc6c(cc54)CCO6)c4ccccc43)oc12. The number of furan rings is 1. The summed E-state index contributed by atoms with van der Waals surface area (Å²) in [6.45, 7) is 3.40. The molecule has 0 saturated heterocycles. The fraction of sp³-hybridized carbons (Fsp3) is 0.222. The maximum atomic E-state index is 14.1. The van der Waals surface area contributed by atoms with E-state index in [4.69, 9.17) is 13.9 Å². The van der Waals surface area contributed by atoms with Gasteiger partial charge in [-0.1, -0.05) is 36.4 Å². The Morgan fingerprint density at radius 1 is 0.969 bits per heavy atom. The number of carbonyl (C=O) groups is 1. The van der Waals surface area contributed by atoms with Crippen molar-refractivity contribution in [1.82, 2.24) is 0 Å². The standard InChI is InChI=1S/C27H21NO4/c1-16-5-4-6-18-11-19(32-25(16)18)14-28-22-8-3-2-7-20(22)27(26(28)29)15-31-24-13-23-17(9-10-30-23)12-21(24)27/h2-8,11-13H,9-10,14-15H2,1H3. The summed E-state index contributed by atoms with van der Waals surface area (Å²) >= 11 is 0. The first-order valence-corrected chi connectivity index (χ1v) is 11.0. The van der Waals surface area contributed by atoms with Crippen LogP contribution in [0.25, 0.3) is 11.0 Å². The van der Waals surface area contributed by atoms with Gasteiger partial charge < -0.3 is 18.8 Å². The molecule has 3 aliphatic heterocycles. The Kier molecular flexibility index (Phi) is 3.45. The summed E-state index contributed by atoms with van der Waals surface area (Å²) in [5.41, 5.74) is 5.14. The number of nitrogens with zero attached hydrogens (tertiary/aromatic N) is 1. The largest absolute Gasteiger partial charge is 0.493 e. The van der Waals surface area contributed by atoms with Crippen LogP contribution < -0.4 is 14.4 Å². The van der Waals surface area contributed by atoms with Gasteiger partial charge in [0.25, 0.3) is 0 Å². The number of amides is 1. The van der Waals surface area contributed by atoms with Crippen LogP contribution in [0, 0.1) is 6.92 Å². The number of hydrogen-bond donors (Lipinski definition) is 0. The third kappa shape index (κ3) is 2.20. The highest BCUT2D eigenvalue weighted by Crippen LogP contribution is 2.54. The number of rotatable bonds is 2. The van der Waals surface area contributed by atoms with Crippen molar-refractivity contribution in [1.29, 1.82) is 0 Å². The lowest BCUT2D eigenvalue weighted by Crippen LogP contribution is -2.42. The Bertz CT molecular complexity index is 1440. The van der Waals surface area contributed by atoms with E-state index in [0.29, 0.717) is 19.8 Å². The lowest BCUT2D eigenvalue weighted by atomic mass is 9.76. The molecule has 0 radical (unpaired) electrons. The van der Waals surface area contributed by atoms with Gasteiger partial charge in [0.05, 0.1) is 13.2 Å². The van der Waals surface area contributed by atoms with E-state index in [1.165, 1.54) is 0 Å². The molecule has 1 amide bonds. The molecule has 0 bridgehead atoms. The van der Waals surface area contributed by atoms with Gasteiger partial charge in [0, 0.05) is 29.1 Å². The monoisotopic (exact) mass is 423 g/mol. The lowest BCUT2D eigenvalue weighted by Gasteiger charge is -2.23. The van der Waals surface area contributed by atoms with Crippen molar-refractivity contribution in [2.24, 2.45) is 0 Å². The van der Waals surface area contributed by atoms with Crippen molar-refractivity contribution in [3.8, 4) is 11.5 Å². The lowest BCUT2D eigenvalue weighted by molar-refractivity contribution is -0.122. The van der Waals surface area contributed by atoms with Gasteiger partial charge in [-0.05, 0) is 41.8 Å². The average Bonchev–Trinajstić information content (AvgIpc) is 3.56. The number of fused-ring (bicyclic) bond motifs is 6. The predicted molar refractivity (Wildman–Crippen MR) is 120 cm³/mol. The summed E-state index contributed by atoms with van der Waals surface area (Å²) in [5.74, 6) is 2.42. The zero-order valence-electron chi connectivity index (χ0n) is 17.7. The van der Waals surface area contributed by atoms with Gasteiger partial charge in [-0.2, -0.15) is 0 Å². The molecule has 4 heterocycles. The third-order valence-corrected chi connectivity index (χ3v) is 7.07. The summed E-state index contributed by atoms with van der Waals surface area (Å²) in [6.07, 6.45) is 0.858. The molecule has 7 rings (SSSR count). The van der Waals surface area contributed by atoms with Crippen LogP contribution in [-0.4, -0.2) is 19.1 Å². The van der Waals surface area contributed by atoms with Crippen LogP contribution in [0.1, 0.15) is 28.0 Å². The molecule has 3 aliphatic rings. The van der Waals surface area contributed by atoms with Crippen LogP contribution in [0.3, 0.4) is 0 Å². The minimum absolute atomic E-state index is 0.0356. The minimum Gasteiger partial charge on any atom is -0.493 e. The van der Waals surface area contributed by atoms with Gasteiger partial charge >= 0.3 is 0 Å². The molecule has 158 valence electrons. The molecule has 1 unspecified atom stereocenters. The summed E-state index contributed by atoms with van der Waals surface area (Å²) in [7, 11) is 0. The fourth-order valence-corrected chi connectivity index (χ4v) is 5.50. The van der Waals surface area contributed by atoms with Crippen LogP contribution >= 0.6 is 0 Å². The average molecular weight is 423 g/mol. The van der Waals surface area contributed by atoms with Gasteiger partial charge in [-0.25, -0.2) is 0 Å². The maximum absolute atomic E-state index is 14.1. The molecule has 1 spiro atoms. The topological polar surface area (TPSA) is 51.9 Å². The summed E-state index contributed by atoms with van der Waals surface area (Å²) in [4.78, 5) is 16.0. The first kappa shape index (κ1) is 17.9. The Labute approximate surface area is 185 Å². The summed E-state index contributed by atoms with van der Waals surface area (Å²) < 4.78 is 18.0. The number of anilines is 1. The van der Waals surface area contributed by atoms with E-state index in [1.807, 2.05) is 60.4 Å². The molecule has 1 aromatic heterocycles. The fourth-order valence-electron chi connectivity index (χ4n) is 5.50. The van der Waals surface area contributed by atoms with Crippen LogP contribution in [-0.2, 0) is 23.2 Å². The van der Waals surface area contributed by atoms with Gasteiger partial charge in [0.1, 0.15) is 34.9 Å². The minimum atomic E-state index is -0.828. The van der Waals surface area contributed by atoms with E-state index in [9.17, 15) is 4.79 Å². The second kappa shape index (κ2) is 6.16. The molecule has 1 atom stereocenters. The summed E-state index contributed by atoms with van der Waals surface area (Å²) in [6, 6.07) is 20.3. The van der Waals surface area contributed by atoms with Crippen LogP contribution in [0.2, 0.25) is 0 Å². The summed E-state index contributed by atoms with van der Waals surface area (Å²) in [5, 5.41) is 1.06. The zero-order chi connectivity index (χ0) is 21.4. The van der Waals surface area contributed by atoms with Crippen LogP contribution in [0.15, 0.2) is 65.1 Å². The molecule has 3 aromatic carbocycles. The molecule has 4 aromatic rings. The molecular weight excluding hydrogens is 402 g/mol. The zero-order valence-corrected chi connectivity index (χ0v) is 17.7. The highest BCUT2D eigenvalue weighted by atomic mass is 16.5. The van der Waals surface area contributed by atoms with Crippen molar-refractivity contribution in [3.63, 3.8) is 0 Å². The highest BCUT2D eigenvalue weighted by Gasteiger charge is 2.57. The molecule has 0 saturated carbocycles. The molecule has 5 nitrogen and oxygen atoms in total. The van der Waals surface area contributed by atoms with E-state index in [1.54, 1.807) is 0 Å². The molecule has 32 heavy (non-hydrogen) atoms. The van der Waals surface area contributed by atoms with Gasteiger partial charge in [0.2, 0.25) is 5.91 Å². The maximum Gasteiger partial charge on any atom is 0.246 e. The Balaban J connectivity index is 1.36. The Morgan fingerprint density at radius 2 is 1.88 bits per heavy atom. The van der Waals surface area contributed by atoms with Crippen molar-refractivity contribution in [2.75, 3.05) is 18.1 Å². The van der Waals surface area contributed by atoms with Gasteiger partial charge in [-0.3, -0.25) is 4.79 Å². The second-order valence-electron chi connectivity index (χ2n) is 8.86. The number of hydrogen-bond acceptors (Lipinski definition) is 4.